The monoisotopic (exact) mass is 660 g/mol. The lowest BCUT2D eigenvalue weighted by Gasteiger charge is -2.32. The van der Waals surface area contributed by atoms with Gasteiger partial charge in [-0.1, -0.05) is 29.4 Å². The second-order valence-electron chi connectivity index (χ2n) is 12.5. The van der Waals surface area contributed by atoms with Crippen LogP contribution < -0.4 is 10.6 Å². The molecule has 2 unspecified atom stereocenters. The molecule has 4 amide bonds. The molecule has 2 atom stereocenters. The van der Waals surface area contributed by atoms with Gasteiger partial charge in [0.1, 0.15) is 0 Å². The molecule has 0 saturated heterocycles. The molecule has 2 N–H and O–H groups in total. The van der Waals surface area contributed by atoms with E-state index in [1.54, 1.807) is 49.4 Å². The SMILES string of the molecule is Cc1cc(-c2cc3c4c(cccc4c2)C(=O)N(C(C)CNCCNCC(C)N2C(=O)c4cccc5cc([N+](=O)[O-])cc(c45)C2=O)C3=O)on1. The van der Waals surface area contributed by atoms with Gasteiger partial charge < -0.3 is 15.2 Å². The van der Waals surface area contributed by atoms with Gasteiger partial charge >= 0.3 is 0 Å². The van der Waals surface area contributed by atoms with E-state index in [2.05, 4.69) is 15.8 Å². The van der Waals surface area contributed by atoms with Gasteiger partial charge in [0.15, 0.2) is 5.76 Å². The predicted molar refractivity (Wildman–Crippen MR) is 180 cm³/mol. The van der Waals surface area contributed by atoms with Gasteiger partial charge in [0, 0.05) is 89.5 Å². The van der Waals surface area contributed by atoms with Crippen molar-refractivity contribution in [2.45, 2.75) is 32.9 Å². The van der Waals surface area contributed by atoms with Gasteiger partial charge in [-0.05, 0) is 55.8 Å². The summed E-state index contributed by atoms with van der Waals surface area (Å²) in [6.07, 6.45) is 0. The highest BCUT2D eigenvalue weighted by molar-refractivity contribution is 6.27. The highest BCUT2D eigenvalue weighted by Crippen LogP contribution is 2.36. The molecule has 5 aromatic rings. The van der Waals surface area contributed by atoms with E-state index in [0.717, 1.165) is 16.0 Å². The number of non-ortho nitro benzene ring substituents is 1. The van der Waals surface area contributed by atoms with Crippen LogP contribution in [0.4, 0.5) is 5.69 Å². The van der Waals surface area contributed by atoms with Gasteiger partial charge in [-0.25, -0.2) is 0 Å². The topological polar surface area (TPSA) is 168 Å². The molecule has 248 valence electrons. The van der Waals surface area contributed by atoms with Crippen LogP contribution in [0.3, 0.4) is 0 Å². The first-order valence-corrected chi connectivity index (χ1v) is 15.9. The highest BCUT2D eigenvalue weighted by atomic mass is 16.6. The summed E-state index contributed by atoms with van der Waals surface area (Å²) in [7, 11) is 0. The van der Waals surface area contributed by atoms with Crippen molar-refractivity contribution in [1.82, 2.24) is 25.6 Å². The Morgan fingerprint density at radius 3 is 1.76 bits per heavy atom. The fourth-order valence-corrected chi connectivity index (χ4v) is 6.77. The van der Waals surface area contributed by atoms with Crippen molar-refractivity contribution >= 4 is 50.9 Å². The molecule has 49 heavy (non-hydrogen) atoms. The number of nitro groups is 1. The summed E-state index contributed by atoms with van der Waals surface area (Å²) >= 11 is 0. The molecule has 3 heterocycles. The number of imide groups is 2. The minimum atomic E-state index is -0.574. The number of nitro benzene ring substituents is 1. The summed E-state index contributed by atoms with van der Waals surface area (Å²) in [6.45, 7) is 6.93. The average Bonchev–Trinajstić information content (AvgIpc) is 3.53. The molecule has 0 bridgehead atoms. The number of nitrogens with one attached hydrogen (secondary N) is 2. The van der Waals surface area contributed by atoms with Crippen molar-refractivity contribution in [1.29, 1.82) is 0 Å². The molecule has 7 rings (SSSR count). The zero-order valence-electron chi connectivity index (χ0n) is 27.0. The number of benzene rings is 4. The van der Waals surface area contributed by atoms with Crippen LogP contribution in [0, 0.1) is 17.0 Å². The van der Waals surface area contributed by atoms with Crippen LogP contribution in [0.25, 0.3) is 32.9 Å². The van der Waals surface area contributed by atoms with Crippen LogP contribution in [0.1, 0.15) is 61.0 Å². The zero-order chi connectivity index (χ0) is 34.6. The van der Waals surface area contributed by atoms with E-state index in [9.17, 15) is 29.3 Å². The van der Waals surface area contributed by atoms with E-state index in [1.165, 1.54) is 17.0 Å². The zero-order valence-corrected chi connectivity index (χ0v) is 27.0. The van der Waals surface area contributed by atoms with Crippen molar-refractivity contribution < 1.29 is 28.6 Å². The quantitative estimate of drug-likeness (QED) is 0.0876. The van der Waals surface area contributed by atoms with Crippen molar-refractivity contribution in [3.05, 3.63) is 105 Å². The summed E-state index contributed by atoms with van der Waals surface area (Å²) in [5, 5.41) is 24.3. The van der Waals surface area contributed by atoms with Crippen LogP contribution >= 0.6 is 0 Å². The lowest BCUT2D eigenvalue weighted by atomic mass is 9.91. The van der Waals surface area contributed by atoms with E-state index in [-0.39, 0.29) is 29.6 Å². The van der Waals surface area contributed by atoms with Crippen molar-refractivity contribution in [3.8, 4) is 11.3 Å². The second-order valence-corrected chi connectivity index (χ2v) is 12.5. The third-order valence-electron chi connectivity index (χ3n) is 9.10. The first-order valence-electron chi connectivity index (χ1n) is 15.9. The number of aryl methyl sites for hydroxylation is 1. The Bertz CT molecular complexity index is 2230. The fraction of sp³-hybridized carbons (Fsp3) is 0.250. The number of nitrogens with zero attached hydrogens (tertiary/aromatic N) is 4. The van der Waals surface area contributed by atoms with Crippen molar-refractivity contribution in [2.75, 3.05) is 26.2 Å². The number of aromatic nitrogens is 1. The maximum Gasteiger partial charge on any atom is 0.270 e. The minimum Gasteiger partial charge on any atom is -0.356 e. The van der Waals surface area contributed by atoms with Gasteiger partial charge in [-0.3, -0.25) is 39.1 Å². The average molecular weight is 661 g/mol. The third-order valence-corrected chi connectivity index (χ3v) is 9.10. The molecule has 1 aromatic heterocycles. The molecule has 2 aliphatic heterocycles. The lowest BCUT2D eigenvalue weighted by Crippen LogP contribution is -2.51. The summed E-state index contributed by atoms with van der Waals surface area (Å²) in [4.78, 5) is 67.5. The Balaban J connectivity index is 0.970. The first-order chi connectivity index (χ1) is 23.5. The Labute approximate surface area is 280 Å². The minimum absolute atomic E-state index is 0.131. The van der Waals surface area contributed by atoms with E-state index in [0.29, 0.717) is 63.8 Å². The first kappa shape index (κ1) is 31.8. The van der Waals surface area contributed by atoms with Crippen LogP contribution in [-0.4, -0.2) is 81.8 Å². The maximum absolute atomic E-state index is 13.8. The van der Waals surface area contributed by atoms with Crippen LogP contribution in [-0.2, 0) is 0 Å². The smallest absolute Gasteiger partial charge is 0.270 e. The van der Waals surface area contributed by atoms with E-state index in [1.807, 2.05) is 26.0 Å². The standard InChI is InChI=1S/C36H32N6O7/c1-19-12-30(49-39-19)24-13-22-6-4-8-26-31(22)28(15-24)35(45)40(33(26)43)20(2)17-37-10-11-38-18-21(3)41-34(44)27-9-5-7-23-14-25(42(47)48)16-29(32(23)27)36(41)46/h4-9,12-16,20-21,37-38H,10-11,17-18H2,1-3H3. The summed E-state index contributed by atoms with van der Waals surface area (Å²) in [5.41, 5.74) is 2.55. The van der Waals surface area contributed by atoms with Gasteiger partial charge in [-0.15, -0.1) is 0 Å². The van der Waals surface area contributed by atoms with Crippen molar-refractivity contribution in [2.24, 2.45) is 0 Å². The molecular weight excluding hydrogens is 628 g/mol. The Morgan fingerprint density at radius 1 is 0.735 bits per heavy atom. The van der Waals surface area contributed by atoms with E-state index < -0.39 is 28.8 Å². The number of hydrogen-bond acceptors (Lipinski definition) is 10. The number of rotatable bonds is 11. The molecule has 0 spiro atoms. The van der Waals surface area contributed by atoms with Crippen LogP contribution in [0.2, 0.25) is 0 Å². The molecule has 13 heteroatoms. The van der Waals surface area contributed by atoms with Crippen LogP contribution in [0.15, 0.2) is 71.3 Å². The van der Waals surface area contributed by atoms with Gasteiger partial charge in [-0.2, -0.15) is 0 Å². The third kappa shape index (κ3) is 5.42. The Morgan fingerprint density at radius 2 is 1.24 bits per heavy atom. The van der Waals surface area contributed by atoms with Crippen molar-refractivity contribution in [3.63, 3.8) is 0 Å². The second kappa shape index (κ2) is 12.3. The molecule has 0 saturated carbocycles. The maximum atomic E-state index is 13.8. The molecule has 0 fully saturated rings. The molecule has 13 nitrogen and oxygen atoms in total. The summed E-state index contributed by atoms with van der Waals surface area (Å²) in [5.74, 6) is -1.23. The van der Waals surface area contributed by atoms with Gasteiger partial charge in [0.05, 0.1) is 16.2 Å². The molecule has 4 aromatic carbocycles. The highest BCUT2D eigenvalue weighted by Gasteiger charge is 2.38. The largest absolute Gasteiger partial charge is 0.356 e. The molecular formula is C36H32N6O7. The van der Waals surface area contributed by atoms with Crippen LogP contribution in [0.5, 0.6) is 0 Å². The Kier molecular flexibility index (Phi) is 8.01. The van der Waals surface area contributed by atoms with Gasteiger partial charge in [0.25, 0.3) is 29.3 Å². The molecule has 0 aliphatic carbocycles. The van der Waals surface area contributed by atoms with Gasteiger partial charge in [0.2, 0.25) is 0 Å². The molecule has 0 radical (unpaired) electrons. The number of carbonyl (C=O) groups excluding carboxylic acids is 4. The number of amides is 4. The van der Waals surface area contributed by atoms with E-state index in [4.69, 9.17) is 4.52 Å². The number of hydrogen-bond donors (Lipinski definition) is 2. The predicted octanol–water partition coefficient (Wildman–Crippen LogP) is 4.71. The Hall–Kier alpha value is -5.79. The normalized spacial score (nSPS) is 15.4. The fourth-order valence-electron chi connectivity index (χ4n) is 6.77. The summed E-state index contributed by atoms with van der Waals surface area (Å²) in [6, 6.07) is 17.3. The number of carbonyl (C=O) groups is 4. The van der Waals surface area contributed by atoms with E-state index >= 15 is 0 Å². The lowest BCUT2D eigenvalue weighted by molar-refractivity contribution is -0.384. The molecule has 2 aliphatic rings. The summed E-state index contributed by atoms with van der Waals surface area (Å²) < 4.78 is 5.44.